The van der Waals surface area contributed by atoms with Crippen LogP contribution in [0, 0.1) is 6.92 Å². The number of ether oxygens (including phenoxy) is 1. The van der Waals surface area contributed by atoms with Crippen LogP contribution >= 0.6 is 0 Å². The topological polar surface area (TPSA) is 59.3 Å². The van der Waals surface area contributed by atoms with Crippen molar-refractivity contribution in [3.63, 3.8) is 0 Å². The fraction of sp³-hybridized carbons (Fsp3) is 0.542. The van der Waals surface area contributed by atoms with Gasteiger partial charge in [0.25, 0.3) is 0 Å². The third kappa shape index (κ3) is 3.40. The third-order valence-electron chi connectivity index (χ3n) is 6.93. The number of hydrogen-bond donors (Lipinski definition) is 0. The summed E-state index contributed by atoms with van der Waals surface area (Å²) < 4.78 is 8.15. The molecule has 31 heavy (non-hydrogen) atoms. The van der Waals surface area contributed by atoms with Gasteiger partial charge >= 0.3 is 0 Å². The molecule has 0 bridgehead atoms. The normalized spacial score (nSPS) is 22.5. The second-order valence-corrected chi connectivity index (χ2v) is 9.24. The lowest BCUT2D eigenvalue weighted by Crippen LogP contribution is -2.45. The molecule has 0 radical (unpaired) electrons. The maximum absolute atomic E-state index is 5.79. The van der Waals surface area contributed by atoms with Crippen molar-refractivity contribution in [2.24, 2.45) is 0 Å². The molecule has 3 fully saturated rings. The van der Waals surface area contributed by atoms with Crippen LogP contribution in [0.15, 0.2) is 24.3 Å². The van der Waals surface area contributed by atoms with Crippen LogP contribution in [-0.2, 0) is 4.74 Å². The predicted molar refractivity (Wildman–Crippen MR) is 122 cm³/mol. The molecule has 2 aromatic heterocycles. The summed E-state index contributed by atoms with van der Waals surface area (Å²) in [7, 11) is 2.18. The molecule has 1 atom stereocenters. The van der Waals surface area contributed by atoms with Crippen LogP contribution in [0.4, 0.5) is 5.82 Å². The average Bonchev–Trinajstić information content (AvgIpc) is 3.35. The first kappa shape index (κ1) is 19.2. The van der Waals surface area contributed by atoms with Crippen molar-refractivity contribution in [2.45, 2.75) is 38.1 Å². The van der Waals surface area contributed by atoms with Crippen molar-refractivity contribution in [1.82, 2.24) is 24.4 Å². The zero-order valence-electron chi connectivity index (χ0n) is 18.4. The Bertz CT molecular complexity index is 1110. The molecule has 0 unspecified atom stereocenters. The number of imidazole rings is 1. The van der Waals surface area contributed by atoms with Crippen molar-refractivity contribution in [3.8, 4) is 11.4 Å². The van der Waals surface area contributed by atoms with Crippen LogP contribution in [0.5, 0.6) is 0 Å². The van der Waals surface area contributed by atoms with Crippen LogP contribution in [0.25, 0.3) is 22.6 Å². The lowest BCUT2D eigenvalue weighted by molar-refractivity contribution is 0.187. The van der Waals surface area contributed by atoms with Crippen LogP contribution in [0.2, 0.25) is 0 Å². The SMILES string of the molecule is Cc1nc(N2CCN(C)CC2)c2nc(-c3ccccc3C3CC3)n([C@H]3CCOC3)c2n1. The number of rotatable bonds is 4. The highest BCUT2D eigenvalue weighted by molar-refractivity contribution is 5.88. The van der Waals surface area contributed by atoms with Crippen molar-refractivity contribution in [3.05, 3.63) is 35.7 Å². The van der Waals surface area contributed by atoms with E-state index in [2.05, 4.69) is 45.7 Å². The number of fused-ring (bicyclic) bond motifs is 1. The Morgan fingerprint density at radius 1 is 0.968 bits per heavy atom. The highest BCUT2D eigenvalue weighted by Gasteiger charge is 2.32. The average molecular weight is 419 g/mol. The number of anilines is 1. The lowest BCUT2D eigenvalue weighted by Gasteiger charge is -2.33. The van der Waals surface area contributed by atoms with Crippen LogP contribution in [-0.4, -0.2) is 70.9 Å². The van der Waals surface area contributed by atoms with Gasteiger partial charge < -0.3 is 19.1 Å². The monoisotopic (exact) mass is 418 g/mol. The molecule has 3 aliphatic rings. The lowest BCUT2D eigenvalue weighted by atomic mass is 10.0. The number of benzene rings is 1. The fourth-order valence-electron chi connectivity index (χ4n) is 5.02. The van der Waals surface area contributed by atoms with Crippen LogP contribution < -0.4 is 4.90 Å². The van der Waals surface area contributed by atoms with E-state index < -0.39 is 0 Å². The molecule has 1 aliphatic carbocycles. The molecule has 1 aromatic carbocycles. The molecular formula is C24H30N6O. The van der Waals surface area contributed by atoms with E-state index in [0.717, 1.165) is 74.4 Å². The summed E-state index contributed by atoms with van der Waals surface area (Å²) in [5.41, 5.74) is 4.56. The van der Waals surface area contributed by atoms with E-state index in [9.17, 15) is 0 Å². The Balaban J connectivity index is 1.56. The molecule has 6 rings (SSSR count). The van der Waals surface area contributed by atoms with E-state index >= 15 is 0 Å². The second kappa shape index (κ2) is 7.57. The van der Waals surface area contributed by atoms with Crippen molar-refractivity contribution < 1.29 is 4.74 Å². The molecule has 2 aliphatic heterocycles. The maximum Gasteiger partial charge on any atom is 0.166 e. The molecule has 162 valence electrons. The van der Waals surface area contributed by atoms with Crippen LogP contribution in [0.1, 0.15) is 42.6 Å². The third-order valence-corrected chi connectivity index (χ3v) is 6.93. The van der Waals surface area contributed by atoms with E-state index in [0.29, 0.717) is 5.92 Å². The van der Waals surface area contributed by atoms with Crippen LogP contribution in [0.3, 0.4) is 0 Å². The summed E-state index contributed by atoms with van der Waals surface area (Å²) in [4.78, 5) is 19.8. The molecule has 0 spiro atoms. The number of aromatic nitrogens is 4. The fourth-order valence-corrected chi connectivity index (χ4v) is 5.02. The van der Waals surface area contributed by atoms with E-state index in [1.165, 1.54) is 24.0 Å². The van der Waals surface area contributed by atoms with Gasteiger partial charge in [0.05, 0.1) is 12.6 Å². The summed E-state index contributed by atoms with van der Waals surface area (Å²) in [5, 5.41) is 0. The summed E-state index contributed by atoms with van der Waals surface area (Å²) in [6.07, 6.45) is 3.54. The second-order valence-electron chi connectivity index (χ2n) is 9.24. The molecule has 1 saturated carbocycles. The number of nitrogens with zero attached hydrogens (tertiary/aromatic N) is 6. The number of likely N-dealkylation sites (N-methyl/N-ethyl adjacent to an activating group) is 1. The minimum atomic E-state index is 0.266. The highest BCUT2D eigenvalue weighted by atomic mass is 16.5. The van der Waals surface area contributed by atoms with Crippen molar-refractivity contribution in [1.29, 1.82) is 0 Å². The maximum atomic E-state index is 5.79. The summed E-state index contributed by atoms with van der Waals surface area (Å²) in [6, 6.07) is 9.07. The van der Waals surface area contributed by atoms with Crippen molar-refractivity contribution >= 4 is 17.0 Å². The van der Waals surface area contributed by atoms with E-state index in [-0.39, 0.29) is 6.04 Å². The first-order valence-electron chi connectivity index (χ1n) is 11.6. The number of hydrogen-bond acceptors (Lipinski definition) is 6. The van der Waals surface area contributed by atoms with Gasteiger partial charge in [-0.1, -0.05) is 24.3 Å². The Labute approximate surface area is 183 Å². The first-order chi connectivity index (χ1) is 15.2. The predicted octanol–water partition coefficient (Wildman–Crippen LogP) is 3.39. The molecule has 7 nitrogen and oxygen atoms in total. The Kier molecular flexibility index (Phi) is 4.69. The summed E-state index contributed by atoms with van der Waals surface area (Å²) >= 11 is 0. The molecular weight excluding hydrogens is 388 g/mol. The zero-order chi connectivity index (χ0) is 20.9. The van der Waals surface area contributed by atoms with Gasteiger partial charge in [-0.05, 0) is 44.7 Å². The Hall–Kier alpha value is -2.51. The minimum absolute atomic E-state index is 0.266. The van der Waals surface area contributed by atoms with Gasteiger partial charge in [-0.2, -0.15) is 0 Å². The summed E-state index contributed by atoms with van der Waals surface area (Å²) in [5.74, 6) is 3.49. The van der Waals surface area contributed by atoms with Crippen molar-refractivity contribution in [2.75, 3.05) is 51.3 Å². The smallest absolute Gasteiger partial charge is 0.166 e. The van der Waals surface area contributed by atoms with Gasteiger partial charge in [-0.3, -0.25) is 0 Å². The number of aryl methyl sites for hydroxylation is 1. The van der Waals surface area contributed by atoms with E-state index in [4.69, 9.17) is 19.7 Å². The molecule has 7 heteroatoms. The number of piperazine rings is 1. The molecule has 0 N–H and O–H groups in total. The highest BCUT2D eigenvalue weighted by Crippen LogP contribution is 2.45. The largest absolute Gasteiger partial charge is 0.379 e. The Morgan fingerprint density at radius 3 is 2.52 bits per heavy atom. The first-order valence-corrected chi connectivity index (χ1v) is 11.6. The minimum Gasteiger partial charge on any atom is -0.379 e. The van der Waals surface area contributed by atoms with Gasteiger partial charge in [-0.25, -0.2) is 15.0 Å². The molecule has 2 saturated heterocycles. The molecule has 0 amide bonds. The summed E-state index contributed by atoms with van der Waals surface area (Å²) in [6.45, 7) is 7.53. The van der Waals surface area contributed by atoms with Gasteiger partial charge in [0.15, 0.2) is 17.0 Å². The van der Waals surface area contributed by atoms with Gasteiger partial charge in [0.1, 0.15) is 11.6 Å². The van der Waals surface area contributed by atoms with Gasteiger partial charge in [0.2, 0.25) is 0 Å². The molecule has 3 aromatic rings. The van der Waals surface area contributed by atoms with E-state index in [1.54, 1.807) is 0 Å². The Morgan fingerprint density at radius 2 is 1.77 bits per heavy atom. The zero-order valence-corrected chi connectivity index (χ0v) is 18.4. The van der Waals surface area contributed by atoms with E-state index in [1.807, 2.05) is 6.92 Å². The van der Waals surface area contributed by atoms with Gasteiger partial charge in [-0.15, -0.1) is 0 Å². The standard InChI is InChI=1S/C24H30N6O/c1-16-25-23(29-12-10-28(2)11-13-29)21-24(26-16)30(18-9-14-31-15-18)22(27-21)20-6-4-3-5-19(20)17-7-8-17/h3-6,17-18H,7-15H2,1-2H3/t18-/m0/s1. The molecule has 4 heterocycles. The van der Waals surface area contributed by atoms with Gasteiger partial charge in [0, 0.05) is 38.3 Å². The quantitative estimate of drug-likeness (QED) is 0.647.